The lowest BCUT2D eigenvalue weighted by Gasteiger charge is -2.14. The number of aryl methyl sites for hydroxylation is 1. The van der Waals surface area contributed by atoms with Crippen LogP contribution in [0.1, 0.15) is 31.1 Å². The Hall–Kier alpha value is -1.87. The summed E-state index contributed by atoms with van der Waals surface area (Å²) >= 11 is 0. The summed E-state index contributed by atoms with van der Waals surface area (Å²) in [5, 5.41) is 9.64. The van der Waals surface area contributed by atoms with Gasteiger partial charge in [-0.3, -0.25) is 0 Å². The van der Waals surface area contributed by atoms with E-state index in [-0.39, 0.29) is 5.56 Å². The maximum atomic E-state index is 13.7. The van der Waals surface area contributed by atoms with E-state index in [1.165, 1.54) is 13.0 Å². The third-order valence-corrected chi connectivity index (χ3v) is 2.97. The first-order valence-corrected chi connectivity index (χ1v) is 6.35. The molecule has 1 atom stereocenters. The minimum Gasteiger partial charge on any atom is -0.457 e. The van der Waals surface area contributed by atoms with Gasteiger partial charge in [-0.25, -0.2) is 4.39 Å². The summed E-state index contributed by atoms with van der Waals surface area (Å²) in [5.74, 6) is 0.536. The lowest BCUT2D eigenvalue weighted by atomic mass is 10.1. The molecule has 3 heteroatoms. The zero-order valence-electron chi connectivity index (χ0n) is 11.1. The van der Waals surface area contributed by atoms with Gasteiger partial charge in [0, 0.05) is 0 Å². The third-order valence-electron chi connectivity index (χ3n) is 2.97. The van der Waals surface area contributed by atoms with Crippen molar-refractivity contribution >= 4 is 0 Å². The van der Waals surface area contributed by atoms with Crippen LogP contribution in [0.25, 0.3) is 0 Å². The van der Waals surface area contributed by atoms with Crippen molar-refractivity contribution in [2.45, 2.75) is 26.4 Å². The molecule has 0 fully saturated rings. The molecule has 0 spiro atoms. The number of halogens is 1. The van der Waals surface area contributed by atoms with Crippen molar-refractivity contribution in [2.24, 2.45) is 0 Å². The molecule has 0 aliphatic heterocycles. The molecule has 0 aliphatic carbocycles. The summed E-state index contributed by atoms with van der Waals surface area (Å²) in [6.07, 6.45) is -0.00516. The summed E-state index contributed by atoms with van der Waals surface area (Å²) < 4.78 is 19.4. The quantitative estimate of drug-likeness (QED) is 0.891. The zero-order chi connectivity index (χ0) is 13.8. The predicted molar refractivity (Wildman–Crippen MR) is 72.9 cm³/mol. The van der Waals surface area contributed by atoms with Crippen LogP contribution in [0.4, 0.5) is 4.39 Å². The first-order chi connectivity index (χ1) is 9.11. The lowest BCUT2D eigenvalue weighted by molar-refractivity contribution is 0.190. The number of hydrogen-bond donors (Lipinski definition) is 1. The zero-order valence-corrected chi connectivity index (χ0v) is 11.1. The summed E-state index contributed by atoms with van der Waals surface area (Å²) in [6.45, 7) is 3.58. The van der Waals surface area contributed by atoms with E-state index in [0.717, 1.165) is 12.0 Å². The molecule has 2 rings (SSSR count). The van der Waals surface area contributed by atoms with Gasteiger partial charge < -0.3 is 9.84 Å². The van der Waals surface area contributed by atoms with Crippen molar-refractivity contribution in [2.75, 3.05) is 0 Å². The van der Waals surface area contributed by atoms with E-state index in [9.17, 15) is 9.50 Å². The Bertz CT molecular complexity index is 564. The van der Waals surface area contributed by atoms with Crippen LogP contribution < -0.4 is 4.74 Å². The second kappa shape index (κ2) is 5.85. The maximum Gasteiger partial charge on any atom is 0.136 e. The van der Waals surface area contributed by atoms with Gasteiger partial charge in [0.1, 0.15) is 17.3 Å². The third kappa shape index (κ3) is 3.12. The first-order valence-electron chi connectivity index (χ1n) is 6.35. The van der Waals surface area contributed by atoms with E-state index < -0.39 is 11.9 Å². The highest BCUT2D eigenvalue weighted by Crippen LogP contribution is 2.31. The number of hydrogen-bond acceptors (Lipinski definition) is 2. The van der Waals surface area contributed by atoms with Gasteiger partial charge in [-0.15, -0.1) is 0 Å². The van der Waals surface area contributed by atoms with Gasteiger partial charge in [0.2, 0.25) is 0 Å². The van der Waals surface area contributed by atoms with E-state index in [2.05, 4.69) is 6.92 Å². The Balaban J connectivity index is 2.35. The van der Waals surface area contributed by atoms with E-state index >= 15 is 0 Å². The highest BCUT2D eigenvalue weighted by atomic mass is 19.1. The molecule has 0 radical (unpaired) electrons. The van der Waals surface area contributed by atoms with Crippen LogP contribution in [-0.2, 0) is 6.42 Å². The molecule has 0 aliphatic rings. The molecule has 0 aromatic heterocycles. The van der Waals surface area contributed by atoms with Crippen LogP contribution in [0.3, 0.4) is 0 Å². The summed E-state index contributed by atoms with van der Waals surface area (Å²) in [4.78, 5) is 0. The number of aliphatic hydroxyl groups excluding tert-OH is 1. The van der Waals surface area contributed by atoms with Crippen molar-refractivity contribution in [1.82, 2.24) is 0 Å². The Labute approximate surface area is 112 Å². The molecule has 0 saturated heterocycles. The van der Waals surface area contributed by atoms with E-state index in [1.54, 1.807) is 12.1 Å². The fourth-order valence-electron chi connectivity index (χ4n) is 1.97. The van der Waals surface area contributed by atoms with Gasteiger partial charge in [-0.1, -0.05) is 25.1 Å². The van der Waals surface area contributed by atoms with Crippen molar-refractivity contribution in [3.63, 3.8) is 0 Å². The van der Waals surface area contributed by atoms with Crippen LogP contribution in [0, 0.1) is 5.82 Å². The Kier molecular flexibility index (Phi) is 4.17. The van der Waals surface area contributed by atoms with Crippen LogP contribution in [0.15, 0.2) is 42.5 Å². The first kappa shape index (κ1) is 13.6. The van der Waals surface area contributed by atoms with E-state index in [0.29, 0.717) is 11.5 Å². The molecule has 1 unspecified atom stereocenters. The normalized spacial score (nSPS) is 12.2. The molecule has 2 aromatic carbocycles. The molecule has 2 aromatic rings. The van der Waals surface area contributed by atoms with Crippen LogP contribution in [-0.4, -0.2) is 5.11 Å². The van der Waals surface area contributed by atoms with Gasteiger partial charge >= 0.3 is 0 Å². The number of benzene rings is 2. The monoisotopic (exact) mass is 260 g/mol. The number of rotatable bonds is 4. The van der Waals surface area contributed by atoms with Gasteiger partial charge in [-0.2, -0.15) is 0 Å². The van der Waals surface area contributed by atoms with Gasteiger partial charge in [0.15, 0.2) is 0 Å². The fraction of sp³-hybridized carbons (Fsp3) is 0.250. The van der Waals surface area contributed by atoms with Gasteiger partial charge in [0.05, 0.1) is 11.7 Å². The molecule has 100 valence electrons. The average molecular weight is 260 g/mol. The van der Waals surface area contributed by atoms with E-state index in [4.69, 9.17) is 4.74 Å². The van der Waals surface area contributed by atoms with Crippen molar-refractivity contribution in [1.29, 1.82) is 0 Å². The van der Waals surface area contributed by atoms with Crippen molar-refractivity contribution < 1.29 is 14.2 Å². The molecule has 19 heavy (non-hydrogen) atoms. The van der Waals surface area contributed by atoms with E-state index in [1.807, 2.05) is 24.3 Å². The highest BCUT2D eigenvalue weighted by Gasteiger charge is 2.15. The summed E-state index contributed by atoms with van der Waals surface area (Å²) in [5.41, 5.74) is 1.33. The summed E-state index contributed by atoms with van der Waals surface area (Å²) in [7, 11) is 0. The molecule has 0 saturated carbocycles. The minimum absolute atomic E-state index is 0.185. The number of ether oxygens (including phenoxy) is 1. The van der Waals surface area contributed by atoms with Gasteiger partial charge in [0.25, 0.3) is 0 Å². The molecule has 1 N–H and O–H groups in total. The lowest BCUT2D eigenvalue weighted by Crippen LogP contribution is -2.00. The Morgan fingerprint density at radius 2 is 1.95 bits per heavy atom. The fourth-order valence-corrected chi connectivity index (χ4v) is 1.97. The number of aliphatic hydroxyl groups is 1. The summed E-state index contributed by atoms with van der Waals surface area (Å²) in [6, 6.07) is 12.2. The van der Waals surface area contributed by atoms with Crippen molar-refractivity contribution in [3.05, 3.63) is 59.4 Å². The largest absolute Gasteiger partial charge is 0.457 e. The molecule has 0 amide bonds. The molecule has 2 nitrogen and oxygen atoms in total. The average Bonchev–Trinajstić information content (AvgIpc) is 2.38. The Morgan fingerprint density at radius 3 is 2.63 bits per heavy atom. The predicted octanol–water partition coefficient (Wildman–Crippen LogP) is 4.23. The maximum absolute atomic E-state index is 13.7. The second-order valence-corrected chi connectivity index (χ2v) is 4.43. The standard InChI is InChI=1S/C16H17FO2/c1-3-12-6-4-7-13(10-12)19-15-9-5-8-14(17)16(15)11(2)18/h4-11,18H,3H2,1-2H3. The van der Waals surface area contributed by atoms with Crippen molar-refractivity contribution in [3.8, 4) is 11.5 Å². The second-order valence-electron chi connectivity index (χ2n) is 4.43. The smallest absolute Gasteiger partial charge is 0.136 e. The molecular formula is C16H17FO2. The van der Waals surface area contributed by atoms with Crippen LogP contribution in [0.2, 0.25) is 0 Å². The van der Waals surface area contributed by atoms with Crippen LogP contribution in [0.5, 0.6) is 11.5 Å². The molecule has 0 bridgehead atoms. The minimum atomic E-state index is -0.912. The van der Waals surface area contributed by atoms with Gasteiger partial charge in [-0.05, 0) is 43.2 Å². The SMILES string of the molecule is CCc1cccc(Oc2cccc(F)c2C(C)O)c1. The molecule has 0 heterocycles. The highest BCUT2D eigenvalue weighted by molar-refractivity contribution is 5.40. The topological polar surface area (TPSA) is 29.5 Å². The molecular weight excluding hydrogens is 243 g/mol. The van der Waals surface area contributed by atoms with Crippen LogP contribution >= 0.6 is 0 Å². The Morgan fingerprint density at radius 1 is 1.21 bits per heavy atom.